The normalized spacial score (nSPS) is 18.9. The van der Waals surface area contributed by atoms with Crippen LogP contribution in [0.25, 0.3) is 10.8 Å². The van der Waals surface area contributed by atoms with Gasteiger partial charge in [-0.25, -0.2) is 14.4 Å². The first-order valence-corrected chi connectivity index (χ1v) is 23.5. The highest BCUT2D eigenvalue weighted by Gasteiger charge is 2.35. The van der Waals surface area contributed by atoms with Crippen molar-refractivity contribution in [3.63, 3.8) is 0 Å². The summed E-state index contributed by atoms with van der Waals surface area (Å²) in [4.78, 5) is 105. The average molecular weight is 948 g/mol. The highest BCUT2D eigenvalue weighted by atomic mass is 16.4. The van der Waals surface area contributed by atoms with Crippen LogP contribution in [0.4, 0.5) is 4.79 Å². The van der Waals surface area contributed by atoms with E-state index in [2.05, 4.69) is 31.6 Å². The summed E-state index contributed by atoms with van der Waals surface area (Å²) in [7, 11) is 0. The van der Waals surface area contributed by atoms with Crippen LogP contribution in [0.3, 0.4) is 0 Å². The number of fused-ring (bicyclic) bond motifs is 1. The van der Waals surface area contributed by atoms with Gasteiger partial charge in [-0.05, 0) is 112 Å². The van der Waals surface area contributed by atoms with E-state index < -0.39 is 66.9 Å². The van der Waals surface area contributed by atoms with Gasteiger partial charge in [0.2, 0.25) is 17.7 Å². The first-order valence-electron chi connectivity index (χ1n) is 23.5. The third-order valence-electron chi connectivity index (χ3n) is 12.5. The number of carboxylic acid groups (broad SMARTS) is 3. The Morgan fingerprint density at radius 3 is 2.04 bits per heavy atom. The molecule has 1 saturated carbocycles. The number of carboxylic acids is 3. The van der Waals surface area contributed by atoms with E-state index in [1.165, 1.54) is 0 Å². The molecule has 372 valence electrons. The molecule has 19 heteroatoms. The van der Waals surface area contributed by atoms with Gasteiger partial charge in [0.05, 0.1) is 5.57 Å². The number of ketones is 1. The minimum absolute atomic E-state index is 0.0101. The largest absolute Gasteiger partial charge is 0.511 e. The van der Waals surface area contributed by atoms with Gasteiger partial charge < -0.3 is 52.7 Å². The molecule has 0 aromatic heterocycles. The molecule has 4 rings (SSSR count). The Hall–Kier alpha value is -6.37. The van der Waals surface area contributed by atoms with E-state index in [-0.39, 0.29) is 78.4 Å². The molecule has 2 aliphatic rings. The molecular formula is C49H69N7O12. The Morgan fingerprint density at radius 1 is 0.765 bits per heavy atom. The Kier molecular flexibility index (Phi) is 20.9. The van der Waals surface area contributed by atoms with Crippen LogP contribution in [0.5, 0.6) is 0 Å². The summed E-state index contributed by atoms with van der Waals surface area (Å²) in [6, 6.07) is 7.88. The number of allylic oxidation sites excluding steroid dienone is 2. The number of carbonyl (C=O) groups excluding carboxylic acids is 5. The lowest BCUT2D eigenvalue weighted by Crippen LogP contribution is -2.51. The minimum atomic E-state index is -1.54. The molecule has 0 saturated heterocycles. The zero-order valence-electron chi connectivity index (χ0n) is 39.3. The number of nitrogens with zero attached hydrogens (tertiary/aromatic N) is 1. The van der Waals surface area contributed by atoms with Crippen molar-refractivity contribution in [2.24, 2.45) is 28.0 Å². The number of aliphatic hydroxyl groups excluding tert-OH is 1. The molecule has 0 aliphatic heterocycles. The van der Waals surface area contributed by atoms with E-state index in [0.717, 1.165) is 16.3 Å². The van der Waals surface area contributed by atoms with Gasteiger partial charge in [0.1, 0.15) is 29.9 Å². The molecule has 68 heavy (non-hydrogen) atoms. The number of hydrogen-bond acceptors (Lipinski definition) is 11. The standard InChI is InChI=1S/C49H69N7O12/c1-29(42-39(57)26-49(2,3)27-40(42)58)53-35(12-6-8-22-50)44(62)52-28-30-14-18-33(19-15-30)43(61)54-38(25-31-16-17-32-10-4-5-11-34(32)24-31)45(63)51-23-9-7-13-36(46(64)65)55-48(68)56-37(47(66)67)20-21-41(59)60/h4-5,10-11,16-17,24,30,33,35-38,57H,6-9,12-15,18-23,25-28,50H2,1-3H3,(H,51,63)(H,52,62)(H,54,61)(H,59,60)(H,64,65)(H,66,67)(H2,55,56,68)/t30?,33?,35-,36-,37-,38+/m0/s1. The van der Waals surface area contributed by atoms with Crippen molar-refractivity contribution in [1.29, 1.82) is 0 Å². The maximum absolute atomic E-state index is 13.8. The molecule has 0 bridgehead atoms. The number of urea groups is 1. The molecule has 0 spiro atoms. The Bertz CT molecular complexity index is 2200. The average Bonchev–Trinajstić information content (AvgIpc) is 3.27. The first kappa shape index (κ1) is 54.2. The fourth-order valence-electron chi connectivity index (χ4n) is 8.77. The van der Waals surface area contributed by atoms with Gasteiger partial charge in [-0.3, -0.25) is 29.0 Å². The van der Waals surface area contributed by atoms with Crippen LogP contribution in [-0.2, 0) is 40.0 Å². The molecule has 4 atom stereocenters. The van der Waals surface area contributed by atoms with E-state index in [4.69, 9.17) is 10.8 Å². The fraction of sp³-hybridized carbons (Fsp3) is 0.571. The number of benzene rings is 2. The molecule has 5 amide bonds. The molecular weight excluding hydrogens is 879 g/mol. The lowest BCUT2D eigenvalue weighted by atomic mass is 9.75. The molecule has 11 N–H and O–H groups in total. The topological polar surface area (TPSA) is 316 Å². The van der Waals surface area contributed by atoms with Crippen LogP contribution in [0, 0.1) is 17.3 Å². The first-order chi connectivity index (χ1) is 32.3. The molecule has 0 unspecified atom stereocenters. The van der Waals surface area contributed by atoms with Gasteiger partial charge in [0.15, 0.2) is 5.78 Å². The van der Waals surface area contributed by atoms with Crippen molar-refractivity contribution in [2.75, 3.05) is 19.6 Å². The highest BCUT2D eigenvalue weighted by Crippen LogP contribution is 2.36. The Balaban J connectivity index is 1.32. The van der Waals surface area contributed by atoms with Gasteiger partial charge in [-0.2, -0.15) is 0 Å². The molecule has 2 aliphatic carbocycles. The zero-order chi connectivity index (χ0) is 50.0. The third kappa shape index (κ3) is 17.4. The summed E-state index contributed by atoms with van der Waals surface area (Å²) in [6.07, 6.45) is 4.58. The predicted octanol–water partition coefficient (Wildman–Crippen LogP) is 4.31. The van der Waals surface area contributed by atoms with Crippen LogP contribution < -0.4 is 32.3 Å². The maximum Gasteiger partial charge on any atom is 0.326 e. The lowest BCUT2D eigenvalue weighted by molar-refractivity contribution is -0.141. The van der Waals surface area contributed by atoms with Gasteiger partial charge in [-0.15, -0.1) is 0 Å². The van der Waals surface area contributed by atoms with Gasteiger partial charge >= 0.3 is 23.9 Å². The monoisotopic (exact) mass is 948 g/mol. The summed E-state index contributed by atoms with van der Waals surface area (Å²) < 4.78 is 0. The van der Waals surface area contributed by atoms with Crippen molar-refractivity contribution in [3.8, 4) is 0 Å². The van der Waals surface area contributed by atoms with Gasteiger partial charge in [0, 0.05) is 50.4 Å². The number of carbonyl (C=O) groups is 8. The number of amides is 5. The minimum Gasteiger partial charge on any atom is -0.511 e. The second-order valence-electron chi connectivity index (χ2n) is 18.8. The predicted molar refractivity (Wildman–Crippen MR) is 254 cm³/mol. The van der Waals surface area contributed by atoms with Gasteiger partial charge in [0.25, 0.3) is 0 Å². The third-order valence-corrected chi connectivity index (χ3v) is 12.5. The van der Waals surface area contributed by atoms with Crippen molar-refractivity contribution >= 4 is 63.9 Å². The second-order valence-corrected chi connectivity index (χ2v) is 18.8. The van der Waals surface area contributed by atoms with Crippen molar-refractivity contribution in [2.45, 2.75) is 141 Å². The number of aliphatic carboxylic acids is 3. The van der Waals surface area contributed by atoms with Crippen molar-refractivity contribution in [3.05, 3.63) is 59.4 Å². The van der Waals surface area contributed by atoms with Crippen molar-refractivity contribution in [1.82, 2.24) is 26.6 Å². The van der Waals surface area contributed by atoms with Gasteiger partial charge in [-0.1, -0.05) is 56.3 Å². The lowest BCUT2D eigenvalue weighted by Gasteiger charge is -2.30. The number of nitrogens with two attached hydrogens (primary N) is 1. The molecule has 2 aromatic rings. The molecule has 1 fully saturated rings. The van der Waals surface area contributed by atoms with E-state index in [9.17, 15) is 53.7 Å². The fourth-order valence-corrected chi connectivity index (χ4v) is 8.77. The van der Waals surface area contributed by atoms with Crippen LogP contribution in [0.15, 0.2) is 58.8 Å². The zero-order valence-corrected chi connectivity index (χ0v) is 39.3. The number of Topliss-reactive ketones (excluding diaryl/α,β-unsaturated/α-hetero) is 1. The number of unbranched alkanes of at least 4 members (excludes halogenated alkanes) is 2. The van der Waals surface area contributed by atoms with Crippen LogP contribution in [0.2, 0.25) is 0 Å². The quantitative estimate of drug-likeness (QED) is 0.0465. The number of rotatable bonds is 26. The SMILES string of the molecule is CC(=N[C@@H](CCCCN)C(=O)NCC1CCC(C(=O)N[C@H](Cc2ccc3ccccc3c2)C(=O)NCCCC[C@H](NC(=O)N[C@@H](CCC(=O)O)C(=O)O)C(=O)O)CC1)C1=C(O)CC(C)(C)CC1=O. The van der Waals surface area contributed by atoms with Crippen molar-refractivity contribution < 1.29 is 58.8 Å². The second kappa shape index (κ2) is 26.2. The Morgan fingerprint density at radius 2 is 1.41 bits per heavy atom. The number of aliphatic hydroxyl groups is 1. The molecule has 0 heterocycles. The number of aliphatic imine (C=N–C) groups is 1. The summed E-state index contributed by atoms with van der Waals surface area (Å²) in [5.74, 6) is -5.55. The molecule has 0 radical (unpaired) electrons. The maximum atomic E-state index is 13.8. The summed E-state index contributed by atoms with van der Waals surface area (Å²) >= 11 is 0. The Labute approximate surface area is 396 Å². The van der Waals surface area contributed by atoms with E-state index in [1.54, 1.807) is 6.92 Å². The van der Waals surface area contributed by atoms with E-state index >= 15 is 0 Å². The van der Waals surface area contributed by atoms with E-state index in [0.29, 0.717) is 76.6 Å². The number of hydrogen-bond donors (Lipinski definition) is 10. The van der Waals surface area contributed by atoms with Crippen LogP contribution in [-0.4, -0.2) is 117 Å². The molecule has 19 nitrogen and oxygen atoms in total. The smallest absolute Gasteiger partial charge is 0.326 e. The van der Waals surface area contributed by atoms with Crippen LogP contribution in [0.1, 0.15) is 116 Å². The molecule has 2 aromatic carbocycles. The summed E-state index contributed by atoms with van der Waals surface area (Å²) in [5.41, 5.74) is 6.70. The summed E-state index contributed by atoms with van der Waals surface area (Å²) in [6.45, 7) is 6.45. The summed E-state index contributed by atoms with van der Waals surface area (Å²) in [5, 5.41) is 53.7. The highest BCUT2D eigenvalue weighted by molar-refractivity contribution is 6.22. The number of nitrogens with one attached hydrogen (secondary N) is 5. The van der Waals surface area contributed by atoms with Crippen LogP contribution >= 0.6 is 0 Å². The van der Waals surface area contributed by atoms with E-state index in [1.807, 2.05) is 56.3 Å².